The van der Waals surface area contributed by atoms with E-state index in [0.29, 0.717) is 231 Å². The summed E-state index contributed by atoms with van der Waals surface area (Å²) >= 11 is 0. The van der Waals surface area contributed by atoms with E-state index in [1.165, 1.54) is 19.1 Å². The van der Waals surface area contributed by atoms with Crippen LogP contribution in [0.5, 0.6) is 0 Å². The number of piperazine rings is 1. The van der Waals surface area contributed by atoms with Gasteiger partial charge in [0.2, 0.25) is 11.6 Å². The highest BCUT2D eigenvalue weighted by atomic mass is 16.7. The maximum Gasteiger partial charge on any atom is 0.341 e. The topological polar surface area (TPSA) is 381 Å². The number of benzene rings is 1. The van der Waals surface area contributed by atoms with Crippen LogP contribution in [0, 0.1) is 62.1 Å². The van der Waals surface area contributed by atoms with Gasteiger partial charge in [-0.25, -0.2) is 9.48 Å². The van der Waals surface area contributed by atoms with E-state index >= 15 is 38.4 Å². The molecule has 710 valence electrons. The van der Waals surface area contributed by atoms with Crippen molar-refractivity contribution in [2.45, 2.75) is 281 Å². The molecule has 9 aliphatic heterocycles. The van der Waals surface area contributed by atoms with Crippen molar-refractivity contribution in [3.63, 3.8) is 0 Å². The molecular weight excluding hydrogens is 1660 g/mol. The third-order valence-electron chi connectivity index (χ3n) is 31.7. The summed E-state index contributed by atoms with van der Waals surface area (Å²) in [6, 6.07) is 4.94. The van der Waals surface area contributed by atoms with Gasteiger partial charge in [-0.1, -0.05) is 95.1 Å². The zero-order valence-corrected chi connectivity index (χ0v) is 79.0. The minimum absolute atomic E-state index is 0.00523. The predicted octanol–water partition coefficient (Wildman–Crippen LogP) is 11.1. The number of amides is 6. The van der Waals surface area contributed by atoms with Gasteiger partial charge in [-0.3, -0.25) is 57.2 Å². The minimum atomic E-state index is -2.83. The SMILES string of the molecule is CCc1nn(C[C@H](C)CC(OC(=O)c2cccc(C(=O)N3CCN(C(C)=O)CC3)c2)(OC(=O)C(C)C)[C@](C)(C[C@@H](C)Cn2nc(CC)c3c2CC2(CCOCC2)CNC3=O)C(C[C@@H](C)C(n2nc(CC)c3c2CC2(CCOCC2)CNC3=O)C2(C(=O)O)CCCC2)(OC(=O)C(CC)CC)n2nc(CC)c3c2CC2(CCOCC2)CNC3=O)c2c1C(=O)NCC1(CCOCC1)C2. The predicted molar refractivity (Wildman–Crippen MR) is 479 cm³/mol. The first kappa shape index (κ1) is 95.2. The van der Waals surface area contributed by atoms with Crippen LogP contribution in [-0.4, -0.2) is 224 Å². The maximum atomic E-state index is 17.5. The van der Waals surface area contributed by atoms with Gasteiger partial charge in [-0.15, -0.1) is 0 Å². The fourth-order valence-electron chi connectivity index (χ4n) is 24.0. The summed E-state index contributed by atoms with van der Waals surface area (Å²) in [4.78, 5) is 160. The number of fused-ring (bicyclic) bond motifs is 4. The number of carbonyl (C=O) groups excluding carboxylic acids is 9. The van der Waals surface area contributed by atoms with Gasteiger partial charge >= 0.3 is 23.9 Å². The number of carboxylic acid groups (broad SMARTS) is 1. The number of nitrogens with one attached hydrogen (secondary N) is 4. The number of aliphatic carboxylic acids is 1. The molecule has 130 heavy (non-hydrogen) atoms. The Labute approximate surface area is 763 Å². The molecule has 5 aromatic rings. The highest BCUT2D eigenvalue weighted by Crippen LogP contribution is 2.63. The Kier molecular flexibility index (Phi) is 28.3. The Morgan fingerprint density at radius 2 is 0.900 bits per heavy atom. The molecule has 32 nitrogen and oxygen atoms in total. The number of hydrogen-bond acceptors (Lipinski definition) is 21. The number of rotatable bonds is 30. The van der Waals surface area contributed by atoms with Gasteiger partial charge in [0.05, 0.1) is 96.7 Å². The highest BCUT2D eigenvalue weighted by Gasteiger charge is 2.72. The van der Waals surface area contributed by atoms with Crippen molar-refractivity contribution in [3.8, 4) is 0 Å². The van der Waals surface area contributed by atoms with Crippen LogP contribution in [0.25, 0.3) is 0 Å². The molecule has 1 saturated carbocycles. The van der Waals surface area contributed by atoms with Crippen molar-refractivity contribution in [1.29, 1.82) is 0 Å². The molecule has 5 N–H and O–H groups in total. The summed E-state index contributed by atoms with van der Waals surface area (Å²) in [5.74, 6) is -13.2. The Balaban J connectivity index is 1.07. The average molecular weight is 1800 g/mol. The molecule has 6 amide bonds. The molecule has 6 fully saturated rings. The van der Waals surface area contributed by atoms with Crippen molar-refractivity contribution >= 4 is 59.3 Å². The Bertz CT molecular complexity index is 5050. The fourth-order valence-corrected chi connectivity index (χ4v) is 24.0. The van der Waals surface area contributed by atoms with Crippen LogP contribution < -0.4 is 21.3 Å². The average Bonchev–Trinajstić information content (AvgIpc) is 1.32. The molecule has 5 saturated heterocycles. The van der Waals surface area contributed by atoms with Crippen molar-refractivity contribution in [1.82, 2.24) is 70.2 Å². The second kappa shape index (κ2) is 38.7. The number of carbonyl (C=O) groups is 10. The highest BCUT2D eigenvalue weighted by molar-refractivity contribution is 6.00. The van der Waals surface area contributed by atoms with Gasteiger partial charge in [-0.05, 0) is 199 Å². The van der Waals surface area contributed by atoms with Crippen LogP contribution in [0.1, 0.15) is 313 Å². The molecule has 1 aliphatic carbocycles. The molecular formula is C98H140N14O18. The number of hydrogen-bond donors (Lipinski definition) is 5. The first-order valence-corrected chi connectivity index (χ1v) is 48.6. The zero-order chi connectivity index (χ0) is 92.6. The first-order chi connectivity index (χ1) is 62.2. The van der Waals surface area contributed by atoms with Crippen LogP contribution in [0.4, 0.5) is 0 Å². The smallest absolute Gasteiger partial charge is 0.341 e. The normalized spacial score (nSPS) is 22.3. The molecule has 32 heteroatoms. The molecule has 1 aromatic carbocycles. The quantitative estimate of drug-likeness (QED) is 0.0211. The van der Waals surface area contributed by atoms with Crippen molar-refractivity contribution in [2.24, 2.45) is 62.1 Å². The van der Waals surface area contributed by atoms with Gasteiger partial charge in [0, 0.05) is 144 Å². The van der Waals surface area contributed by atoms with Gasteiger partial charge < -0.3 is 69.3 Å². The van der Waals surface area contributed by atoms with Crippen LogP contribution in [0.15, 0.2) is 24.3 Å². The van der Waals surface area contributed by atoms with Gasteiger partial charge in [0.25, 0.3) is 35.3 Å². The van der Waals surface area contributed by atoms with E-state index in [1.54, 1.807) is 40.5 Å². The second-order valence-corrected chi connectivity index (χ2v) is 40.7. The summed E-state index contributed by atoms with van der Waals surface area (Å²) in [7, 11) is 0. The number of nitrogens with zero attached hydrogens (tertiary/aromatic N) is 10. The number of aryl methyl sites for hydroxylation is 4. The number of esters is 3. The van der Waals surface area contributed by atoms with E-state index < -0.39 is 128 Å². The largest absolute Gasteiger partial charge is 0.481 e. The van der Waals surface area contributed by atoms with Crippen LogP contribution in [-0.2, 0) is 123 Å². The maximum absolute atomic E-state index is 17.5. The monoisotopic (exact) mass is 1800 g/mol. The summed E-state index contributed by atoms with van der Waals surface area (Å²) in [6.45, 7) is 29.8. The van der Waals surface area contributed by atoms with Gasteiger partial charge in [0.1, 0.15) is 5.41 Å². The molecule has 4 spiro atoms. The fraction of sp³-hybridized carbons (Fsp3) is 0.714. The van der Waals surface area contributed by atoms with E-state index in [4.69, 9.17) is 53.6 Å². The lowest BCUT2D eigenvalue weighted by Crippen LogP contribution is -2.68. The molecule has 7 atom stereocenters. The van der Waals surface area contributed by atoms with Crippen LogP contribution in [0.3, 0.4) is 0 Å². The van der Waals surface area contributed by atoms with Crippen molar-refractivity contribution in [2.75, 3.05) is 105 Å². The molecule has 15 rings (SSSR count). The summed E-state index contributed by atoms with van der Waals surface area (Å²) in [6.07, 6.45) is 7.77. The zero-order valence-electron chi connectivity index (χ0n) is 79.0. The molecule has 10 aliphatic rings. The third-order valence-corrected chi connectivity index (χ3v) is 31.7. The molecule has 13 heterocycles. The van der Waals surface area contributed by atoms with Gasteiger partial charge in [0.15, 0.2) is 0 Å². The molecule has 4 aromatic heterocycles. The van der Waals surface area contributed by atoms with Crippen LogP contribution in [0.2, 0.25) is 0 Å². The number of ether oxygens (including phenoxy) is 7. The lowest BCUT2D eigenvalue weighted by Gasteiger charge is -2.58. The molecule has 0 bridgehead atoms. The van der Waals surface area contributed by atoms with E-state index in [1.807, 2.05) is 83.3 Å². The minimum Gasteiger partial charge on any atom is -0.481 e. The van der Waals surface area contributed by atoms with E-state index in [9.17, 15) is 14.7 Å². The number of carboxylic acids is 1. The molecule has 3 unspecified atom stereocenters. The summed E-state index contributed by atoms with van der Waals surface area (Å²) in [5, 5.41) is 48.4. The van der Waals surface area contributed by atoms with Gasteiger partial charge in [-0.2, -0.15) is 20.4 Å². The lowest BCUT2D eigenvalue weighted by molar-refractivity contribution is -0.338. The van der Waals surface area contributed by atoms with E-state index in [2.05, 4.69) is 21.3 Å². The second-order valence-electron chi connectivity index (χ2n) is 40.7. The Morgan fingerprint density at radius 1 is 0.492 bits per heavy atom. The Hall–Kier alpha value is -9.40. The standard InChI is InChI=1S/C98H140N14O18/c1-14-66(15-2)88(120)128-97(112-76-54-95(33-45-127-46-34-95)60-102-85(117)80(76)72(19-6)106-112,50-64(11)81(96(90(122)123)25-20-21-26-96)111-75-53-94(31-43-126-44-32-94)59-101-84(116)79(75)71(18-5)105-111)91(13,48-62(9)55-109-73-51-92(27-39-124-40-28-92)57-99-82(114)77(73)69(16-3)103-109)98(129-87(119)61(7)8,130-89(121)68-24-22-23-67(47-68)86(118)108-37-35-107(36-38-108)65(12)113)49-63(10)56-110-74-52-93(29-41-125-42-30-93)58-100-83(115)78(74)70(17-4)104-110/h22-24,47,61-64,66,81H,14-21,25-46,48-60H2,1-13H3,(H,99,114)(H,100,115)(H,101,116)(H,102,117)(H,122,123)/t62-,63-,64-,81?,91-,97?,98?/m1/s1. The lowest BCUT2D eigenvalue weighted by atomic mass is 9.60. The summed E-state index contributed by atoms with van der Waals surface area (Å²) in [5.41, 5.74) is -3.17. The van der Waals surface area contributed by atoms with Crippen molar-refractivity contribution < 1.29 is 86.2 Å². The van der Waals surface area contributed by atoms with E-state index in [-0.39, 0.29) is 137 Å². The first-order valence-electron chi connectivity index (χ1n) is 48.6. The molecule has 0 radical (unpaired) electrons. The van der Waals surface area contributed by atoms with Crippen LogP contribution >= 0.6 is 0 Å². The van der Waals surface area contributed by atoms with Crippen molar-refractivity contribution in [3.05, 3.63) is 103 Å². The number of aromatic nitrogens is 8. The summed E-state index contributed by atoms with van der Waals surface area (Å²) < 4.78 is 55.9. The Morgan fingerprint density at radius 3 is 1.34 bits per heavy atom. The van der Waals surface area contributed by atoms with E-state index in [0.717, 1.165) is 0 Å². The third kappa shape index (κ3) is 18.0.